The summed E-state index contributed by atoms with van der Waals surface area (Å²) in [5, 5.41) is 11.2. The lowest BCUT2D eigenvalue weighted by Crippen LogP contribution is -2.11. The summed E-state index contributed by atoms with van der Waals surface area (Å²) in [6.45, 7) is 1.94. The van der Waals surface area contributed by atoms with Crippen molar-refractivity contribution in [2.45, 2.75) is 19.8 Å². The number of rotatable bonds is 4. The molecule has 2 heterocycles. The molecule has 0 unspecified atom stereocenters. The van der Waals surface area contributed by atoms with Gasteiger partial charge in [-0.25, -0.2) is 10.1 Å². The van der Waals surface area contributed by atoms with Crippen molar-refractivity contribution in [3.05, 3.63) is 51.8 Å². The van der Waals surface area contributed by atoms with Crippen LogP contribution in [0.25, 0.3) is 33.1 Å². The number of H-pyrrole nitrogens is 2. The van der Waals surface area contributed by atoms with E-state index in [0.29, 0.717) is 39.4 Å². The maximum Gasteiger partial charge on any atom is 0.272 e. The van der Waals surface area contributed by atoms with Gasteiger partial charge >= 0.3 is 0 Å². The van der Waals surface area contributed by atoms with Gasteiger partial charge in [-0.1, -0.05) is 24.6 Å². The third-order valence-corrected chi connectivity index (χ3v) is 4.48. The summed E-state index contributed by atoms with van der Waals surface area (Å²) < 4.78 is 0. The van der Waals surface area contributed by atoms with E-state index in [4.69, 9.17) is 11.6 Å². The van der Waals surface area contributed by atoms with Crippen molar-refractivity contribution in [3.63, 3.8) is 0 Å². The number of hydrogen-bond acceptors (Lipinski definition) is 4. The van der Waals surface area contributed by atoms with Gasteiger partial charge in [-0.15, -0.1) is 0 Å². The molecular formula is C19H16ClN5O2. The Balaban J connectivity index is 1.80. The standard InChI is InChI=1S/C19H16ClN5O2/c1-2-3-16(26)23-19-21-14-7-4-10(8-15(14)22-19)17-13-9-11(20)5-6-12(13)18(27)25-24-17/h4-9H,2-3H2,1H3,(H,25,27)(H2,21,22,23,26). The van der Waals surface area contributed by atoms with Crippen LogP contribution in [-0.2, 0) is 4.79 Å². The van der Waals surface area contributed by atoms with Crippen molar-refractivity contribution in [2.24, 2.45) is 0 Å². The van der Waals surface area contributed by atoms with Gasteiger partial charge in [-0.3, -0.25) is 14.9 Å². The third-order valence-electron chi connectivity index (χ3n) is 4.24. The van der Waals surface area contributed by atoms with Gasteiger partial charge in [0, 0.05) is 22.4 Å². The Bertz CT molecular complexity index is 1230. The molecule has 0 saturated heterocycles. The van der Waals surface area contributed by atoms with E-state index in [1.165, 1.54) is 0 Å². The average molecular weight is 382 g/mol. The molecule has 27 heavy (non-hydrogen) atoms. The number of hydrogen-bond donors (Lipinski definition) is 3. The number of nitrogens with one attached hydrogen (secondary N) is 3. The predicted octanol–water partition coefficient (Wildman–Crippen LogP) is 3.86. The van der Waals surface area contributed by atoms with Gasteiger partial charge < -0.3 is 4.98 Å². The molecule has 7 nitrogen and oxygen atoms in total. The SMILES string of the molecule is CCCC(=O)Nc1nc2cc(-c3n[nH]c(=O)c4ccc(Cl)cc34)ccc2[nH]1. The van der Waals surface area contributed by atoms with Crippen LogP contribution in [0.4, 0.5) is 5.95 Å². The Labute approximate surface area is 158 Å². The molecule has 0 aliphatic rings. The number of halogens is 1. The molecule has 0 atom stereocenters. The van der Waals surface area contributed by atoms with E-state index < -0.39 is 0 Å². The molecular weight excluding hydrogens is 366 g/mol. The fourth-order valence-electron chi connectivity index (χ4n) is 2.99. The number of anilines is 1. The number of fused-ring (bicyclic) bond motifs is 2. The van der Waals surface area contributed by atoms with Crippen molar-refractivity contribution in [3.8, 4) is 11.3 Å². The Morgan fingerprint density at radius 1 is 1.19 bits per heavy atom. The highest BCUT2D eigenvalue weighted by atomic mass is 35.5. The molecule has 2 aromatic heterocycles. The number of carbonyl (C=O) groups excluding carboxylic acids is 1. The molecule has 136 valence electrons. The molecule has 0 bridgehead atoms. The Morgan fingerprint density at radius 3 is 2.85 bits per heavy atom. The topological polar surface area (TPSA) is 104 Å². The van der Waals surface area contributed by atoms with E-state index in [0.717, 1.165) is 17.5 Å². The molecule has 4 rings (SSSR count). The van der Waals surface area contributed by atoms with Crippen molar-refractivity contribution in [1.82, 2.24) is 20.2 Å². The second-order valence-corrected chi connectivity index (χ2v) is 6.64. The van der Waals surface area contributed by atoms with E-state index in [1.54, 1.807) is 18.2 Å². The lowest BCUT2D eigenvalue weighted by molar-refractivity contribution is -0.116. The fourth-order valence-corrected chi connectivity index (χ4v) is 3.16. The molecule has 0 spiro atoms. The molecule has 0 aliphatic heterocycles. The third kappa shape index (κ3) is 3.29. The minimum Gasteiger partial charge on any atom is -0.324 e. The summed E-state index contributed by atoms with van der Waals surface area (Å²) in [5.41, 5.74) is 2.59. The second-order valence-electron chi connectivity index (χ2n) is 6.21. The van der Waals surface area contributed by atoms with Crippen LogP contribution in [-0.4, -0.2) is 26.1 Å². The zero-order chi connectivity index (χ0) is 19.0. The summed E-state index contributed by atoms with van der Waals surface area (Å²) in [6, 6.07) is 10.7. The first-order chi connectivity index (χ1) is 13.0. The van der Waals surface area contributed by atoms with E-state index >= 15 is 0 Å². The van der Waals surface area contributed by atoms with Crippen LogP contribution in [0.15, 0.2) is 41.2 Å². The summed E-state index contributed by atoms with van der Waals surface area (Å²) in [6.07, 6.45) is 1.21. The smallest absolute Gasteiger partial charge is 0.272 e. The molecule has 0 saturated carbocycles. The Kier molecular flexibility index (Phi) is 4.37. The zero-order valence-corrected chi connectivity index (χ0v) is 15.2. The molecule has 2 aromatic carbocycles. The maximum atomic E-state index is 12.0. The summed E-state index contributed by atoms with van der Waals surface area (Å²) >= 11 is 6.11. The number of imidazole rings is 1. The van der Waals surface area contributed by atoms with Crippen LogP contribution >= 0.6 is 11.6 Å². The maximum absolute atomic E-state index is 12.0. The van der Waals surface area contributed by atoms with Gasteiger partial charge in [0.25, 0.3) is 5.56 Å². The molecule has 4 aromatic rings. The molecule has 1 amide bonds. The monoisotopic (exact) mass is 381 g/mol. The normalized spacial score (nSPS) is 11.2. The Morgan fingerprint density at radius 2 is 2.04 bits per heavy atom. The van der Waals surface area contributed by atoms with Crippen molar-refractivity contribution >= 4 is 45.3 Å². The highest BCUT2D eigenvalue weighted by Gasteiger charge is 2.12. The molecule has 0 aliphatic carbocycles. The van der Waals surface area contributed by atoms with Gasteiger partial charge in [-0.05, 0) is 36.8 Å². The zero-order valence-electron chi connectivity index (χ0n) is 14.5. The summed E-state index contributed by atoms with van der Waals surface area (Å²) in [4.78, 5) is 31.3. The van der Waals surface area contributed by atoms with Crippen LogP contribution in [0.5, 0.6) is 0 Å². The number of nitrogens with zero attached hydrogens (tertiary/aromatic N) is 2. The number of aromatic amines is 2. The molecule has 3 N–H and O–H groups in total. The van der Waals surface area contributed by atoms with E-state index in [1.807, 2.05) is 25.1 Å². The van der Waals surface area contributed by atoms with Crippen LogP contribution in [0.3, 0.4) is 0 Å². The summed E-state index contributed by atoms with van der Waals surface area (Å²) in [5.74, 6) is 0.322. The fraction of sp³-hybridized carbons (Fsp3) is 0.158. The van der Waals surface area contributed by atoms with Crippen LogP contribution < -0.4 is 10.9 Å². The van der Waals surface area contributed by atoms with Gasteiger partial charge in [0.1, 0.15) is 0 Å². The van der Waals surface area contributed by atoms with Crippen LogP contribution in [0.1, 0.15) is 19.8 Å². The van der Waals surface area contributed by atoms with Gasteiger partial charge in [0.15, 0.2) is 0 Å². The lowest BCUT2D eigenvalue weighted by Gasteiger charge is -2.05. The lowest BCUT2D eigenvalue weighted by atomic mass is 10.0. The Hall–Kier alpha value is -3.19. The van der Waals surface area contributed by atoms with E-state index in [9.17, 15) is 9.59 Å². The van der Waals surface area contributed by atoms with E-state index in [-0.39, 0.29) is 11.5 Å². The second kappa shape index (κ2) is 6.85. The number of aromatic nitrogens is 4. The number of benzene rings is 2. The van der Waals surface area contributed by atoms with Crippen molar-refractivity contribution in [2.75, 3.05) is 5.32 Å². The molecule has 0 fully saturated rings. The molecule has 8 heteroatoms. The first-order valence-electron chi connectivity index (χ1n) is 8.53. The molecule has 0 radical (unpaired) electrons. The first-order valence-corrected chi connectivity index (χ1v) is 8.91. The highest BCUT2D eigenvalue weighted by molar-refractivity contribution is 6.31. The van der Waals surface area contributed by atoms with Crippen LogP contribution in [0, 0.1) is 0 Å². The predicted molar refractivity (Wildman–Crippen MR) is 106 cm³/mol. The van der Waals surface area contributed by atoms with Crippen LogP contribution in [0.2, 0.25) is 5.02 Å². The van der Waals surface area contributed by atoms with Gasteiger partial charge in [0.05, 0.1) is 22.1 Å². The minimum atomic E-state index is -0.271. The summed E-state index contributed by atoms with van der Waals surface area (Å²) in [7, 11) is 0. The van der Waals surface area contributed by atoms with Crippen molar-refractivity contribution < 1.29 is 4.79 Å². The largest absolute Gasteiger partial charge is 0.324 e. The highest BCUT2D eigenvalue weighted by Crippen LogP contribution is 2.29. The van der Waals surface area contributed by atoms with Gasteiger partial charge in [0.2, 0.25) is 11.9 Å². The van der Waals surface area contributed by atoms with Gasteiger partial charge in [-0.2, -0.15) is 5.10 Å². The number of amides is 1. The first kappa shape index (κ1) is 17.2. The van der Waals surface area contributed by atoms with Crippen molar-refractivity contribution in [1.29, 1.82) is 0 Å². The van der Waals surface area contributed by atoms with E-state index in [2.05, 4.69) is 25.5 Å². The number of carbonyl (C=O) groups is 1. The quantitative estimate of drug-likeness (QED) is 0.499. The average Bonchev–Trinajstić information content (AvgIpc) is 3.03. The minimum absolute atomic E-state index is 0.0836.